The standard InChI is InChI=1S/C34H39N3O5/c1-25(2)37(34(39)33-30(41-4)17-10-18-31(33)42-5)24-32(38)36(21-26-12-7-6-8-13-26)23-28-15-11-19-35(28)22-27-14-9-16-29(20-27)40-3/h6-20,25H,21-24H2,1-5H3. The third kappa shape index (κ3) is 7.32. The Balaban J connectivity index is 1.61. The second-order valence-electron chi connectivity index (χ2n) is 10.3. The number of carbonyl (C=O) groups excluding carboxylic acids is 2. The van der Waals surface area contributed by atoms with Crippen molar-refractivity contribution in [3.8, 4) is 17.2 Å². The third-order valence-electron chi connectivity index (χ3n) is 7.16. The first-order chi connectivity index (χ1) is 20.3. The lowest BCUT2D eigenvalue weighted by Gasteiger charge is -2.31. The highest BCUT2D eigenvalue weighted by molar-refractivity contribution is 6.01. The lowest BCUT2D eigenvalue weighted by Crippen LogP contribution is -2.45. The second kappa shape index (κ2) is 14.3. The minimum absolute atomic E-state index is 0.0961. The van der Waals surface area contributed by atoms with E-state index in [4.69, 9.17) is 14.2 Å². The zero-order chi connectivity index (χ0) is 30.1. The van der Waals surface area contributed by atoms with Gasteiger partial charge in [-0.15, -0.1) is 0 Å². The molecule has 0 saturated carbocycles. The summed E-state index contributed by atoms with van der Waals surface area (Å²) in [4.78, 5) is 31.3. The Labute approximate surface area is 248 Å². The lowest BCUT2D eigenvalue weighted by molar-refractivity contribution is -0.133. The molecule has 42 heavy (non-hydrogen) atoms. The zero-order valence-corrected chi connectivity index (χ0v) is 24.9. The van der Waals surface area contributed by atoms with Gasteiger partial charge in [0.1, 0.15) is 29.4 Å². The average Bonchev–Trinajstić information content (AvgIpc) is 3.45. The molecule has 0 radical (unpaired) electrons. The molecule has 0 unspecified atom stereocenters. The molecule has 1 aromatic heterocycles. The zero-order valence-electron chi connectivity index (χ0n) is 24.9. The molecule has 4 rings (SSSR count). The largest absolute Gasteiger partial charge is 0.497 e. The maximum atomic E-state index is 14.0. The molecule has 1 heterocycles. The fourth-order valence-corrected chi connectivity index (χ4v) is 4.89. The third-order valence-corrected chi connectivity index (χ3v) is 7.16. The van der Waals surface area contributed by atoms with Gasteiger partial charge in [0, 0.05) is 31.0 Å². The molecule has 220 valence electrons. The van der Waals surface area contributed by atoms with Crippen molar-refractivity contribution in [2.24, 2.45) is 0 Å². The monoisotopic (exact) mass is 569 g/mol. The molecule has 8 heteroatoms. The number of nitrogens with zero attached hydrogens (tertiary/aromatic N) is 3. The molecule has 8 nitrogen and oxygen atoms in total. The van der Waals surface area contributed by atoms with Crippen LogP contribution in [-0.2, 0) is 24.4 Å². The van der Waals surface area contributed by atoms with Crippen LogP contribution in [0.3, 0.4) is 0 Å². The van der Waals surface area contributed by atoms with Gasteiger partial charge in [-0.05, 0) is 61.4 Å². The maximum absolute atomic E-state index is 14.0. The van der Waals surface area contributed by atoms with E-state index in [1.807, 2.05) is 80.7 Å². The van der Waals surface area contributed by atoms with Gasteiger partial charge in [0.15, 0.2) is 0 Å². The van der Waals surface area contributed by atoms with Crippen LogP contribution in [0.5, 0.6) is 17.2 Å². The molecule has 0 aliphatic carbocycles. The summed E-state index contributed by atoms with van der Waals surface area (Å²) in [5, 5.41) is 0. The summed E-state index contributed by atoms with van der Waals surface area (Å²) in [6.45, 7) is 5.12. The quantitative estimate of drug-likeness (QED) is 0.208. The molecule has 4 aromatic rings. The van der Waals surface area contributed by atoms with Crippen molar-refractivity contribution in [2.45, 2.75) is 39.5 Å². The van der Waals surface area contributed by atoms with Crippen molar-refractivity contribution in [2.75, 3.05) is 27.9 Å². The SMILES string of the molecule is COc1cccc(Cn2cccc2CN(Cc2ccccc2)C(=O)CN(C(=O)c2c(OC)cccc2OC)C(C)C)c1. The number of rotatable bonds is 13. The number of benzene rings is 3. The van der Waals surface area contributed by atoms with E-state index in [0.29, 0.717) is 36.7 Å². The molecule has 0 aliphatic heterocycles. The van der Waals surface area contributed by atoms with Crippen molar-refractivity contribution >= 4 is 11.8 Å². The van der Waals surface area contributed by atoms with E-state index in [-0.39, 0.29) is 24.4 Å². The fraction of sp³-hybridized carbons (Fsp3) is 0.294. The van der Waals surface area contributed by atoms with E-state index >= 15 is 0 Å². The molecule has 0 aliphatic rings. The highest BCUT2D eigenvalue weighted by atomic mass is 16.5. The molecule has 0 atom stereocenters. The normalized spacial score (nSPS) is 10.8. The number of hydrogen-bond acceptors (Lipinski definition) is 5. The van der Waals surface area contributed by atoms with E-state index in [1.54, 1.807) is 35.1 Å². The Kier molecular flexibility index (Phi) is 10.3. The first kappa shape index (κ1) is 30.2. The number of ether oxygens (including phenoxy) is 3. The highest BCUT2D eigenvalue weighted by Crippen LogP contribution is 2.30. The molecular weight excluding hydrogens is 530 g/mol. The summed E-state index contributed by atoms with van der Waals surface area (Å²) in [6, 6.07) is 26.8. The molecule has 2 amide bonds. The molecule has 0 spiro atoms. The molecule has 3 aromatic carbocycles. The minimum Gasteiger partial charge on any atom is -0.497 e. The van der Waals surface area contributed by atoms with Gasteiger partial charge in [-0.25, -0.2) is 0 Å². The lowest BCUT2D eigenvalue weighted by atomic mass is 10.1. The van der Waals surface area contributed by atoms with Gasteiger partial charge in [-0.3, -0.25) is 9.59 Å². The van der Waals surface area contributed by atoms with Gasteiger partial charge < -0.3 is 28.6 Å². The summed E-state index contributed by atoms with van der Waals surface area (Å²) >= 11 is 0. The smallest absolute Gasteiger partial charge is 0.262 e. The Morgan fingerprint density at radius 3 is 2.07 bits per heavy atom. The highest BCUT2D eigenvalue weighted by Gasteiger charge is 2.29. The van der Waals surface area contributed by atoms with Gasteiger partial charge in [0.05, 0.1) is 27.9 Å². The van der Waals surface area contributed by atoms with Crippen LogP contribution in [0.1, 0.15) is 41.0 Å². The van der Waals surface area contributed by atoms with Crippen LogP contribution in [0.15, 0.2) is 91.1 Å². The van der Waals surface area contributed by atoms with E-state index in [1.165, 1.54) is 14.2 Å². The molecule has 0 N–H and O–H groups in total. The summed E-state index contributed by atoms with van der Waals surface area (Å²) < 4.78 is 18.5. The van der Waals surface area contributed by atoms with E-state index in [9.17, 15) is 9.59 Å². The van der Waals surface area contributed by atoms with Gasteiger partial charge in [-0.2, -0.15) is 0 Å². The summed E-state index contributed by atoms with van der Waals surface area (Å²) in [6.07, 6.45) is 2.01. The van der Waals surface area contributed by atoms with Gasteiger partial charge in [0.25, 0.3) is 5.91 Å². The van der Waals surface area contributed by atoms with Crippen molar-refractivity contribution in [3.63, 3.8) is 0 Å². The Morgan fingerprint density at radius 2 is 1.43 bits per heavy atom. The van der Waals surface area contributed by atoms with Crippen molar-refractivity contribution in [1.29, 1.82) is 0 Å². The Bertz CT molecular complexity index is 1460. The summed E-state index contributed by atoms with van der Waals surface area (Å²) in [7, 11) is 4.68. The predicted molar refractivity (Wildman–Crippen MR) is 163 cm³/mol. The van der Waals surface area contributed by atoms with E-state index in [0.717, 1.165) is 22.6 Å². The fourth-order valence-electron chi connectivity index (χ4n) is 4.89. The van der Waals surface area contributed by atoms with Crippen LogP contribution in [0, 0.1) is 0 Å². The number of hydrogen-bond donors (Lipinski definition) is 0. The van der Waals surface area contributed by atoms with Gasteiger partial charge in [0.2, 0.25) is 5.91 Å². The Morgan fingerprint density at radius 1 is 0.762 bits per heavy atom. The van der Waals surface area contributed by atoms with Crippen LogP contribution in [0.25, 0.3) is 0 Å². The molecule has 0 fully saturated rings. The summed E-state index contributed by atoms with van der Waals surface area (Å²) in [5.41, 5.74) is 3.38. The van der Waals surface area contributed by atoms with Gasteiger partial charge in [-0.1, -0.05) is 48.5 Å². The molecule has 0 saturated heterocycles. The van der Waals surface area contributed by atoms with Crippen LogP contribution < -0.4 is 14.2 Å². The molecule has 0 bridgehead atoms. The predicted octanol–water partition coefficient (Wildman–Crippen LogP) is 5.64. The van der Waals surface area contributed by atoms with Crippen molar-refractivity contribution in [1.82, 2.24) is 14.4 Å². The van der Waals surface area contributed by atoms with Crippen LogP contribution in [0.4, 0.5) is 0 Å². The number of amides is 2. The van der Waals surface area contributed by atoms with Crippen molar-refractivity contribution in [3.05, 3.63) is 114 Å². The maximum Gasteiger partial charge on any atom is 0.262 e. The molecular formula is C34H39N3O5. The van der Waals surface area contributed by atoms with E-state index in [2.05, 4.69) is 10.6 Å². The first-order valence-corrected chi connectivity index (χ1v) is 13.9. The van der Waals surface area contributed by atoms with Crippen LogP contribution in [0.2, 0.25) is 0 Å². The first-order valence-electron chi connectivity index (χ1n) is 13.9. The minimum atomic E-state index is -0.325. The number of carbonyl (C=O) groups is 2. The van der Waals surface area contributed by atoms with Crippen LogP contribution in [-0.4, -0.2) is 60.1 Å². The number of aromatic nitrogens is 1. The second-order valence-corrected chi connectivity index (χ2v) is 10.3. The van der Waals surface area contributed by atoms with Crippen LogP contribution >= 0.6 is 0 Å². The topological polar surface area (TPSA) is 73.2 Å². The number of methoxy groups -OCH3 is 3. The summed E-state index contributed by atoms with van der Waals surface area (Å²) in [5.74, 6) is 1.10. The van der Waals surface area contributed by atoms with Gasteiger partial charge >= 0.3 is 0 Å². The van der Waals surface area contributed by atoms with E-state index < -0.39 is 0 Å². The average molecular weight is 570 g/mol. The Hall–Kier alpha value is -4.72. The van der Waals surface area contributed by atoms with Crippen molar-refractivity contribution < 1.29 is 23.8 Å².